The Morgan fingerprint density at radius 2 is 1.89 bits per heavy atom. The molecule has 0 spiro atoms. The zero-order valence-corrected chi connectivity index (χ0v) is 16.3. The van der Waals surface area contributed by atoms with Gasteiger partial charge in [-0.15, -0.1) is 13.2 Å². The third-order valence-corrected chi connectivity index (χ3v) is 4.64. The van der Waals surface area contributed by atoms with Gasteiger partial charge in [0.25, 0.3) is 0 Å². The number of alkyl halides is 3. The lowest BCUT2D eigenvalue weighted by Crippen LogP contribution is -2.28. The summed E-state index contributed by atoms with van der Waals surface area (Å²) in [7, 11) is 4.03. The Balaban J connectivity index is 1.63. The molecule has 0 aliphatic carbocycles. The summed E-state index contributed by atoms with van der Waals surface area (Å²) in [5, 5.41) is 0. The molecular formula is C20H25F3N4O. The molecule has 28 heavy (non-hydrogen) atoms. The van der Waals surface area contributed by atoms with Crippen molar-refractivity contribution in [2.45, 2.75) is 32.4 Å². The summed E-state index contributed by atoms with van der Waals surface area (Å²) in [5.41, 5.74) is 3.12. The standard InChI is InChI=1S/C20H25F3N4O/c1-15-11-27(18-4-6-19(7-5-18)28-20(21,22)23)14-26(15)12-16-8-9-24-17(10-16)13-25(2)3/h4-10,15H,11-14H2,1-3H3. The van der Waals surface area contributed by atoms with Crippen LogP contribution >= 0.6 is 0 Å². The van der Waals surface area contributed by atoms with Crippen molar-refractivity contribution in [2.24, 2.45) is 0 Å². The molecule has 0 amide bonds. The molecule has 1 fully saturated rings. The lowest BCUT2D eigenvalue weighted by atomic mass is 10.2. The van der Waals surface area contributed by atoms with E-state index in [1.165, 1.54) is 17.7 Å². The van der Waals surface area contributed by atoms with E-state index in [-0.39, 0.29) is 5.75 Å². The van der Waals surface area contributed by atoms with Gasteiger partial charge in [0.05, 0.1) is 12.4 Å². The third kappa shape index (κ3) is 5.59. The maximum atomic E-state index is 12.3. The van der Waals surface area contributed by atoms with Crippen molar-refractivity contribution in [3.63, 3.8) is 0 Å². The first kappa shape index (κ1) is 20.4. The van der Waals surface area contributed by atoms with E-state index in [0.29, 0.717) is 12.7 Å². The molecule has 5 nitrogen and oxygen atoms in total. The smallest absolute Gasteiger partial charge is 0.406 e. The highest BCUT2D eigenvalue weighted by atomic mass is 19.4. The second-order valence-electron chi connectivity index (χ2n) is 7.39. The highest BCUT2D eigenvalue weighted by Gasteiger charge is 2.31. The van der Waals surface area contributed by atoms with Gasteiger partial charge in [0, 0.05) is 37.6 Å². The van der Waals surface area contributed by atoms with Gasteiger partial charge in [-0.1, -0.05) is 0 Å². The average molecular weight is 394 g/mol. The predicted molar refractivity (Wildman–Crippen MR) is 102 cm³/mol. The molecule has 1 aliphatic heterocycles. The number of hydrogen-bond donors (Lipinski definition) is 0. The van der Waals surface area contributed by atoms with Gasteiger partial charge >= 0.3 is 6.36 Å². The molecule has 0 radical (unpaired) electrons. The van der Waals surface area contributed by atoms with Crippen molar-refractivity contribution in [3.8, 4) is 5.75 Å². The molecule has 1 saturated heterocycles. The quantitative estimate of drug-likeness (QED) is 0.746. The topological polar surface area (TPSA) is 31.8 Å². The number of ether oxygens (including phenoxy) is 1. The Kier molecular flexibility index (Phi) is 6.10. The second kappa shape index (κ2) is 8.36. The highest BCUT2D eigenvalue weighted by molar-refractivity contribution is 5.50. The lowest BCUT2D eigenvalue weighted by Gasteiger charge is -2.21. The van der Waals surface area contributed by atoms with E-state index in [1.807, 2.05) is 26.4 Å². The second-order valence-corrected chi connectivity index (χ2v) is 7.39. The summed E-state index contributed by atoms with van der Waals surface area (Å²) in [6, 6.07) is 10.5. The number of anilines is 1. The number of rotatable bonds is 6. The fraction of sp³-hybridized carbons (Fsp3) is 0.450. The molecule has 0 saturated carbocycles. The predicted octanol–water partition coefficient (Wildman–Crippen LogP) is 3.71. The number of pyridine rings is 1. The van der Waals surface area contributed by atoms with Crippen LogP contribution in [0.15, 0.2) is 42.6 Å². The lowest BCUT2D eigenvalue weighted by molar-refractivity contribution is -0.274. The van der Waals surface area contributed by atoms with Gasteiger partial charge in [-0.05, 0) is 63.0 Å². The van der Waals surface area contributed by atoms with Crippen molar-refractivity contribution >= 4 is 5.69 Å². The zero-order valence-electron chi connectivity index (χ0n) is 16.3. The first-order chi connectivity index (χ1) is 13.2. The van der Waals surface area contributed by atoms with Crippen LogP contribution < -0.4 is 9.64 Å². The summed E-state index contributed by atoms with van der Waals surface area (Å²) in [5.74, 6) is -0.203. The molecule has 1 unspecified atom stereocenters. The summed E-state index contributed by atoms with van der Waals surface area (Å²) in [6.45, 7) is 5.28. The fourth-order valence-corrected chi connectivity index (χ4v) is 3.37. The SMILES string of the molecule is CC1CN(c2ccc(OC(F)(F)F)cc2)CN1Cc1ccnc(CN(C)C)c1. The molecule has 1 aliphatic rings. The van der Waals surface area contributed by atoms with Crippen LogP contribution in [-0.2, 0) is 13.1 Å². The minimum Gasteiger partial charge on any atom is -0.406 e. The van der Waals surface area contributed by atoms with Gasteiger partial charge in [-0.3, -0.25) is 9.88 Å². The van der Waals surface area contributed by atoms with Crippen LogP contribution in [0.5, 0.6) is 5.75 Å². The number of nitrogens with zero attached hydrogens (tertiary/aromatic N) is 4. The van der Waals surface area contributed by atoms with Crippen LogP contribution in [0.25, 0.3) is 0 Å². The number of aromatic nitrogens is 1. The molecule has 1 atom stereocenters. The maximum Gasteiger partial charge on any atom is 0.573 e. The Bertz CT molecular complexity index is 780. The molecule has 0 N–H and O–H groups in total. The van der Waals surface area contributed by atoms with Crippen LogP contribution in [0, 0.1) is 0 Å². The van der Waals surface area contributed by atoms with Crippen LogP contribution in [0.1, 0.15) is 18.2 Å². The average Bonchev–Trinajstić information content (AvgIpc) is 2.94. The fourth-order valence-electron chi connectivity index (χ4n) is 3.37. The zero-order chi connectivity index (χ0) is 20.3. The van der Waals surface area contributed by atoms with Gasteiger partial charge in [0.15, 0.2) is 0 Å². The van der Waals surface area contributed by atoms with Gasteiger partial charge in [0.1, 0.15) is 5.75 Å². The molecule has 8 heteroatoms. The largest absolute Gasteiger partial charge is 0.573 e. The first-order valence-corrected chi connectivity index (χ1v) is 9.13. The van der Waals surface area contributed by atoms with Crippen LogP contribution in [0.2, 0.25) is 0 Å². The van der Waals surface area contributed by atoms with Crippen molar-refractivity contribution in [3.05, 3.63) is 53.9 Å². The summed E-state index contributed by atoms with van der Waals surface area (Å²) in [6.07, 6.45) is -2.83. The Morgan fingerprint density at radius 1 is 1.18 bits per heavy atom. The summed E-state index contributed by atoms with van der Waals surface area (Å²) >= 11 is 0. The minimum absolute atomic E-state index is 0.203. The molecular weight excluding hydrogens is 369 g/mol. The van der Waals surface area contributed by atoms with Crippen LogP contribution in [-0.4, -0.2) is 54.5 Å². The van der Waals surface area contributed by atoms with Gasteiger partial charge in [0.2, 0.25) is 0 Å². The molecule has 2 aromatic rings. The summed E-state index contributed by atoms with van der Waals surface area (Å²) < 4.78 is 40.9. The van der Waals surface area contributed by atoms with Crippen molar-refractivity contribution < 1.29 is 17.9 Å². The Labute approximate surface area is 163 Å². The van der Waals surface area contributed by atoms with E-state index < -0.39 is 6.36 Å². The molecule has 3 rings (SSSR count). The van der Waals surface area contributed by atoms with Gasteiger partial charge in [-0.2, -0.15) is 0 Å². The minimum atomic E-state index is -4.67. The van der Waals surface area contributed by atoms with Crippen molar-refractivity contribution in [2.75, 3.05) is 32.2 Å². The Hall–Kier alpha value is -2.32. The maximum absolute atomic E-state index is 12.3. The highest BCUT2D eigenvalue weighted by Crippen LogP contribution is 2.28. The molecule has 1 aromatic heterocycles. The van der Waals surface area contributed by atoms with Gasteiger partial charge < -0.3 is 14.5 Å². The number of hydrogen-bond acceptors (Lipinski definition) is 5. The molecule has 0 bridgehead atoms. The van der Waals surface area contributed by atoms with E-state index >= 15 is 0 Å². The van der Waals surface area contributed by atoms with E-state index in [2.05, 4.69) is 37.4 Å². The molecule has 152 valence electrons. The first-order valence-electron chi connectivity index (χ1n) is 9.13. The van der Waals surface area contributed by atoms with Crippen molar-refractivity contribution in [1.82, 2.24) is 14.8 Å². The Morgan fingerprint density at radius 3 is 2.54 bits per heavy atom. The molecule has 1 aromatic carbocycles. The normalized spacial score (nSPS) is 18.1. The van der Waals surface area contributed by atoms with E-state index in [1.54, 1.807) is 12.1 Å². The van der Waals surface area contributed by atoms with E-state index in [9.17, 15) is 13.2 Å². The summed E-state index contributed by atoms with van der Waals surface area (Å²) in [4.78, 5) is 11.0. The number of halogens is 3. The third-order valence-electron chi connectivity index (χ3n) is 4.64. The molecule has 2 heterocycles. The monoisotopic (exact) mass is 394 g/mol. The van der Waals surface area contributed by atoms with E-state index in [0.717, 1.165) is 31.0 Å². The number of benzene rings is 1. The van der Waals surface area contributed by atoms with Crippen LogP contribution in [0.3, 0.4) is 0 Å². The van der Waals surface area contributed by atoms with E-state index in [4.69, 9.17) is 0 Å². The van der Waals surface area contributed by atoms with Crippen LogP contribution in [0.4, 0.5) is 18.9 Å². The van der Waals surface area contributed by atoms with Gasteiger partial charge in [-0.25, -0.2) is 0 Å². The van der Waals surface area contributed by atoms with Crippen molar-refractivity contribution in [1.29, 1.82) is 0 Å².